The normalized spacial score (nSPS) is 10.9. The van der Waals surface area contributed by atoms with E-state index in [4.69, 9.17) is 4.74 Å². The van der Waals surface area contributed by atoms with E-state index in [1.54, 1.807) is 24.7 Å². The van der Waals surface area contributed by atoms with Gasteiger partial charge in [-0.15, -0.1) is 0 Å². The number of aromatic amines is 1. The molecule has 0 fully saturated rings. The van der Waals surface area contributed by atoms with Gasteiger partial charge in [0.25, 0.3) is 5.91 Å². The molecule has 3 aromatic heterocycles. The van der Waals surface area contributed by atoms with E-state index < -0.39 is 28.9 Å². The number of ether oxygens (including phenoxy) is 1. The molecule has 0 saturated carbocycles. The van der Waals surface area contributed by atoms with E-state index in [0.29, 0.717) is 16.8 Å². The summed E-state index contributed by atoms with van der Waals surface area (Å²) in [6.07, 6.45) is 6.62. The molecule has 2 aromatic carbocycles. The molecule has 34 heavy (non-hydrogen) atoms. The molecule has 0 spiro atoms. The Morgan fingerprint density at radius 2 is 1.65 bits per heavy atom. The van der Waals surface area contributed by atoms with Gasteiger partial charge in [0, 0.05) is 42.1 Å². The average molecular weight is 460 g/mol. The van der Waals surface area contributed by atoms with Gasteiger partial charge in [0.2, 0.25) is 0 Å². The van der Waals surface area contributed by atoms with Crippen LogP contribution in [0.2, 0.25) is 0 Å². The van der Waals surface area contributed by atoms with E-state index in [1.165, 1.54) is 18.3 Å². The van der Waals surface area contributed by atoms with Gasteiger partial charge in [0.1, 0.15) is 28.6 Å². The van der Waals surface area contributed by atoms with Gasteiger partial charge in [-0.3, -0.25) is 9.78 Å². The second kappa shape index (κ2) is 8.70. The first-order valence-corrected chi connectivity index (χ1v) is 10.1. The highest BCUT2D eigenvalue weighted by atomic mass is 19.1. The van der Waals surface area contributed by atoms with Crippen molar-refractivity contribution in [3.05, 3.63) is 102 Å². The third-order valence-corrected chi connectivity index (χ3v) is 5.13. The molecule has 6 nitrogen and oxygen atoms in total. The molecule has 0 unspecified atom stereocenters. The fourth-order valence-electron chi connectivity index (χ4n) is 3.56. The number of nitrogens with one attached hydrogen (secondary N) is 2. The standard InChI is InChI=1S/C25H15F3N4O2/c26-17-2-1-3-18(27)23(17)25(33)32-15-4-5-20(19(28)12-15)34-21-8-11-30-24-22(21)16(13-31-24)14-6-9-29-10-7-14/h1-13H,(H,30,31)(H,32,33). The Hall–Kier alpha value is -4.66. The molecule has 1 amide bonds. The van der Waals surface area contributed by atoms with E-state index in [0.717, 1.165) is 35.4 Å². The quantitative estimate of drug-likeness (QED) is 0.333. The summed E-state index contributed by atoms with van der Waals surface area (Å²) in [6, 6.07) is 12.0. The highest BCUT2D eigenvalue weighted by Crippen LogP contribution is 2.37. The first-order chi connectivity index (χ1) is 16.5. The second-order valence-electron chi connectivity index (χ2n) is 7.27. The summed E-state index contributed by atoms with van der Waals surface area (Å²) in [5.74, 6) is -3.59. The lowest BCUT2D eigenvalue weighted by molar-refractivity contribution is 0.101. The van der Waals surface area contributed by atoms with Crippen LogP contribution in [0.5, 0.6) is 11.5 Å². The van der Waals surface area contributed by atoms with Crippen LogP contribution in [0, 0.1) is 17.5 Å². The lowest BCUT2D eigenvalue weighted by Gasteiger charge is -2.11. The average Bonchev–Trinajstić information content (AvgIpc) is 3.26. The van der Waals surface area contributed by atoms with Gasteiger partial charge in [0.05, 0.1) is 5.39 Å². The molecular weight excluding hydrogens is 445 g/mol. The third kappa shape index (κ3) is 3.95. The zero-order chi connectivity index (χ0) is 23.7. The van der Waals surface area contributed by atoms with Gasteiger partial charge in [-0.25, -0.2) is 18.2 Å². The molecule has 0 radical (unpaired) electrons. The highest BCUT2D eigenvalue weighted by Gasteiger charge is 2.19. The van der Waals surface area contributed by atoms with Crippen molar-refractivity contribution in [2.45, 2.75) is 0 Å². The van der Waals surface area contributed by atoms with Crippen molar-refractivity contribution in [1.82, 2.24) is 15.0 Å². The fraction of sp³-hybridized carbons (Fsp3) is 0. The summed E-state index contributed by atoms with van der Waals surface area (Å²) >= 11 is 0. The number of fused-ring (bicyclic) bond motifs is 1. The molecule has 5 rings (SSSR count). The maximum Gasteiger partial charge on any atom is 0.261 e. The summed E-state index contributed by atoms with van der Waals surface area (Å²) in [7, 11) is 0. The lowest BCUT2D eigenvalue weighted by atomic mass is 10.1. The Kier molecular flexibility index (Phi) is 5.43. The zero-order valence-corrected chi connectivity index (χ0v) is 17.4. The SMILES string of the molecule is O=C(Nc1ccc(Oc2ccnc3[nH]cc(-c4ccncc4)c23)c(F)c1)c1c(F)cccc1F. The van der Waals surface area contributed by atoms with E-state index in [1.807, 2.05) is 12.1 Å². The third-order valence-electron chi connectivity index (χ3n) is 5.13. The molecular formula is C25H15F3N4O2. The molecule has 0 saturated heterocycles. The molecule has 0 aliphatic rings. The number of pyridine rings is 2. The Balaban J connectivity index is 1.43. The minimum Gasteiger partial charge on any atom is -0.453 e. The van der Waals surface area contributed by atoms with Crippen molar-refractivity contribution >= 4 is 22.6 Å². The topological polar surface area (TPSA) is 79.9 Å². The number of rotatable bonds is 5. The van der Waals surface area contributed by atoms with E-state index in [-0.39, 0.29) is 11.4 Å². The number of hydrogen-bond acceptors (Lipinski definition) is 4. The van der Waals surface area contributed by atoms with Crippen LogP contribution in [0.25, 0.3) is 22.2 Å². The van der Waals surface area contributed by atoms with Gasteiger partial charge in [-0.05, 0) is 48.0 Å². The van der Waals surface area contributed by atoms with E-state index in [2.05, 4.69) is 20.3 Å². The number of amides is 1. The van der Waals surface area contributed by atoms with Crippen LogP contribution < -0.4 is 10.1 Å². The van der Waals surface area contributed by atoms with Crippen LogP contribution >= 0.6 is 0 Å². The molecule has 168 valence electrons. The number of benzene rings is 2. The van der Waals surface area contributed by atoms with Crippen LogP contribution in [0.3, 0.4) is 0 Å². The van der Waals surface area contributed by atoms with Gasteiger partial charge < -0.3 is 15.0 Å². The van der Waals surface area contributed by atoms with Crippen LogP contribution in [0.1, 0.15) is 10.4 Å². The Morgan fingerprint density at radius 3 is 2.38 bits per heavy atom. The molecule has 3 heterocycles. The number of H-pyrrole nitrogens is 1. The Labute approximate surface area is 191 Å². The predicted octanol–water partition coefficient (Wildman–Crippen LogP) is 6.09. The van der Waals surface area contributed by atoms with Crippen molar-refractivity contribution in [3.63, 3.8) is 0 Å². The smallest absolute Gasteiger partial charge is 0.261 e. The molecule has 0 bridgehead atoms. The van der Waals surface area contributed by atoms with Crippen molar-refractivity contribution in [2.24, 2.45) is 0 Å². The second-order valence-corrected chi connectivity index (χ2v) is 7.27. The number of carbonyl (C=O) groups excluding carboxylic acids is 1. The van der Waals surface area contributed by atoms with Crippen LogP contribution in [-0.2, 0) is 0 Å². The lowest BCUT2D eigenvalue weighted by Crippen LogP contribution is -2.16. The summed E-state index contributed by atoms with van der Waals surface area (Å²) in [5.41, 5.74) is 1.49. The van der Waals surface area contributed by atoms with Crippen molar-refractivity contribution < 1.29 is 22.7 Å². The number of hydrogen-bond donors (Lipinski definition) is 2. The summed E-state index contributed by atoms with van der Waals surface area (Å²) in [4.78, 5) is 23.6. The number of halogens is 3. The molecule has 0 atom stereocenters. The van der Waals surface area contributed by atoms with Gasteiger partial charge >= 0.3 is 0 Å². The maximum atomic E-state index is 14.8. The first kappa shape index (κ1) is 21.2. The largest absolute Gasteiger partial charge is 0.453 e. The van der Waals surface area contributed by atoms with Crippen molar-refractivity contribution in [3.8, 4) is 22.6 Å². The van der Waals surface area contributed by atoms with Gasteiger partial charge in [0.15, 0.2) is 11.6 Å². The number of anilines is 1. The minimum absolute atomic E-state index is 0.0106. The predicted molar refractivity (Wildman–Crippen MR) is 120 cm³/mol. The van der Waals surface area contributed by atoms with Crippen LogP contribution in [-0.4, -0.2) is 20.9 Å². The Morgan fingerprint density at radius 1 is 0.882 bits per heavy atom. The number of nitrogens with zero attached hydrogens (tertiary/aromatic N) is 2. The van der Waals surface area contributed by atoms with E-state index >= 15 is 0 Å². The Bertz CT molecular complexity index is 1500. The van der Waals surface area contributed by atoms with Crippen LogP contribution in [0.15, 0.2) is 79.4 Å². The molecule has 9 heteroatoms. The van der Waals surface area contributed by atoms with E-state index in [9.17, 15) is 18.0 Å². The minimum atomic E-state index is -1.03. The van der Waals surface area contributed by atoms with Crippen LogP contribution in [0.4, 0.5) is 18.9 Å². The molecule has 2 N–H and O–H groups in total. The van der Waals surface area contributed by atoms with Crippen molar-refractivity contribution in [1.29, 1.82) is 0 Å². The zero-order valence-electron chi connectivity index (χ0n) is 17.4. The van der Waals surface area contributed by atoms with Crippen molar-refractivity contribution in [2.75, 3.05) is 5.32 Å². The summed E-state index contributed by atoms with van der Waals surface area (Å²) in [5, 5.41) is 2.95. The monoisotopic (exact) mass is 460 g/mol. The molecule has 0 aliphatic carbocycles. The molecule has 5 aromatic rings. The summed E-state index contributed by atoms with van der Waals surface area (Å²) < 4.78 is 48.4. The molecule has 0 aliphatic heterocycles. The first-order valence-electron chi connectivity index (χ1n) is 10.1. The fourth-order valence-corrected chi connectivity index (χ4v) is 3.56. The maximum absolute atomic E-state index is 14.8. The highest BCUT2D eigenvalue weighted by molar-refractivity contribution is 6.04. The summed E-state index contributed by atoms with van der Waals surface area (Å²) in [6.45, 7) is 0. The number of aromatic nitrogens is 3. The van der Waals surface area contributed by atoms with Gasteiger partial charge in [-0.2, -0.15) is 0 Å². The number of carbonyl (C=O) groups is 1. The van der Waals surface area contributed by atoms with Gasteiger partial charge in [-0.1, -0.05) is 6.07 Å².